The van der Waals surface area contributed by atoms with Gasteiger partial charge in [-0.05, 0) is 32.6 Å². The van der Waals surface area contributed by atoms with E-state index in [9.17, 15) is 0 Å². The molecule has 17 heavy (non-hydrogen) atoms. The van der Waals surface area contributed by atoms with Crippen LogP contribution >= 0.6 is 0 Å². The van der Waals surface area contributed by atoms with Crippen LogP contribution in [0, 0.1) is 0 Å². The molecule has 0 aromatic carbocycles. The van der Waals surface area contributed by atoms with E-state index in [-0.39, 0.29) is 0 Å². The lowest BCUT2D eigenvalue weighted by Gasteiger charge is -2.34. The number of hydrogen-bond acceptors (Lipinski definition) is 2. The zero-order chi connectivity index (χ0) is 11.7. The van der Waals surface area contributed by atoms with Gasteiger partial charge in [0, 0.05) is 24.3 Å². The minimum absolute atomic E-state index is 0.358. The molecular weight excluding hydrogens is 210 g/mol. The standard InChI is InChI=1S/C14H23N3/c1-14(7-3-2-4-8-14)16-10-13-9-15-11-17(13)12-5-6-12/h9,11-12,16H,2-8,10H2,1H3. The summed E-state index contributed by atoms with van der Waals surface area (Å²) in [6.45, 7) is 3.36. The van der Waals surface area contributed by atoms with Gasteiger partial charge in [0.25, 0.3) is 0 Å². The normalized spacial score (nSPS) is 23.8. The zero-order valence-electron chi connectivity index (χ0n) is 10.8. The fraction of sp³-hybridized carbons (Fsp3) is 0.786. The fourth-order valence-electron chi connectivity index (χ4n) is 2.96. The van der Waals surface area contributed by atoms with Crippen LogP contribution in [0.25, 0.3) is 0 Å². The Morgan fingerprint density at radius 1 is 1.35 bits per heavy atom. The average Bonchev–Trinajstić information content (AvgIpc) is 3.07. The Hall–Kier alpha value is -0.830. The quantitative estimate of drug-likeness (QED) is 0.866. The van der Waals surface area contributed by atoms with Gasteiger partial charge in [0.15, 0.2) is 0 Å². The van der Waals surface area contributed by atoms with E-state index in [4.69, 9.17) is 0 Å². The third-order valence-corrected chi connectivity index (χ3v) is 4.34. The second-order valence-corrected chi connectivity index (χ2v) is 6.00. The van der Waals surface area contributed by atoms with E-state index in [0.717, 1.165) is 12.6 Å². The molecule has 1 aromatic rings. The Morgan fingerprint density at radius 2 is 2.12 bits per heavy atom. The first-order chi connectivity index (χ1) is 8.27. The van der Waals surface area contributed by atoms with Gasteiger partial charge in [-0.15, -0.1) is 0 Å². The van der Waals surface area contributed by atoms with E-state index in [1.807, 2.05) is 12.5 Å². The fourth-order valence-corrected chi connectivity index (χ4v) is 2.96. The topological polar surface area (TPSA) is 29.9 Å². The van der Waals surface area contributed by atoms with Crippen molar-refractivity contribution in [2.75, 3.05) is 0 Å². The maximum absolute atomic E-state index is 4.29. The summed E-state index contributed by atoms with van der Waals surface area (Å²) in [4.78, 5) is 4.29. The van der Waals surface area contributed by atoms with Crippen LogP contribution in [0.1, 0.15) is 63.6 Å². The molecule has 0 unspecified atom stereocenters. The molecule has 0 saturated heterocycles. The second kappa shape index (κ2) is 4.45. The molecule has 3 heteroatoms. The summed E-state index contributed by atoms with van der Waals surface area (Å²) >= 11 is 0. The van der Waals surface area contributed by atoms with Crippen molar-refractivity contribution in [1.82, 2.24) is 14.9 Å². The van der Waals surface area contributed by atoms with Gasteiger partial charge in [0.1, 0.15) is 0 Å². The van der Waals surface area contributed by atoms with Crippen LogP contribution in [0.2, 0.25) is 0 Å². The summed E-state index contributed by atoms with van der Waals surface area (Å²) in [5, 5.41) is 3.76. The number of aromatic nitrogens is 2. The molecule has 0 spiro atoms. The van der Waals surface area contributed by atoms with Crippen molar-refractivity contribution in [2.24, 2.45) is 0 Å². The van der Waals surface area contributed by atoms with Crippen molar-refractivity contribution in [2.45, 2.75) is 70.0 Å². The van der Waals surface area contributed by atoms with E-state index in [0.29, 0.717) is 5.54 Å². The Bertz CT molecular complexity index is 373. The largest absolute Gasteiger partial charge is 0.330 e. The highest BCUT2D eigenvalue weighted by molar-refractivity contribution is 5.04. The highest BCUT2D eigenvalue weighted by Gasteiger charge is 2.28. The molecule has 3 nitrogen and oxygen atoms in total. The average molecular weight is 233 g/mol. The Labute approximate surface area is 104 Å². The first kappa shape index (κ1) is 11.3. The molecule has 0 atom stereocenters. The summed E-state index contributed by atoms with van der Waals surface area (Å²) in [7, 11) is 0. The SMILES string of the molecule is CC1(NCc2cncn2C2CC2)CCCCC1. The smallest absolute Gasteiger partial charge is 0.0951 e. The van der Waals surface area contributed by atoms with Crippen molar-refractivity contribution in [3.8, 4) is 0 Å². The lowest BCUT2D eigenvalue weighted by Crippen LogP contribution is -2.43. The van der Waals surface area contributed by atoms with Crippen molar-refractivity contribution in [3.05, 3.63) is 18.2 Å². The lowest BCUT2D eigenvalue weighted by molar-refractivity contribution is 0.250. The van der Waals surface area contributed by atoms with Gasteiger partial charge in [0.2, 0.25) is 0 Å². The summed E-state index contributed by atoms with van der Waals surface area (Å²) in [5.74, 6) is 0. The molecule has 1 heterocycles. The first-order valence-corrected chi connectivity index (χ1v) is 7.03. The van der Waals surface area contributed by atoms with Crippen LogP contribution < -0.4 is 5.32 Å². The minimum atomic E-state index is 0.358. The molecule has 1 aromatic heterocycles. The van der Waals surface area contributed by atoms with Crippen molar-refractivity contribution in [3.63, 3.8) is 0 Å². The van der Waals surface area contributed by atoms with E-state index in [1.54, 1.807) is 0 Å². The van der Waals surface area contributed by atoms with Crippen LogP contribution in [-0.4, -0.2) is 15.1 Å². The Morgan fingerprint density at radius 3 is 2.82 bits per heavy atom. The maximum atomic E-state index is 4.29. The molecule has 0 bridgehead atoms. The van der Waals surface area contributed by atoms with Crippen molar-refractivity contribution in [1.29, 1.82) is 0 Å². The van der Waals surface area contributed by atoms with Gasteiger partial charge in [-0.1, -0.05) is 19.3 Å². The van der Waals surface area contributed by atoms with Crippen LogP contribution in [0.15, 0.2) is 12.5 Å². The molecule has 2 saturated carbocycles. The molecule has 3 rings (SSSR count). The zero-order valence-corrected chi connectivity index (χ0v) is 10.8. The van der Waals surface area contributed by atoms with E-state index >= 15 is 0 Å². The molecule has 2 fully saturated rings. The van der Waals surface area contributed by atoms with Gasteiger partial charge < -0.3 is 9.88 Å². The third-order valence-electron chi connectivity index (χ3n) is 4.34. The minimum Gasteiger partial charge on any atom is -0.330 e. The number of hydrogen-bond donors (Lipinski definition) is 1. The first-order valence-electron chi connectivity index (χ1n) is 7.03. The van der Waals surface area contributed by atoms with E-state index in [1.165, 1.54) is 50.6 Å². The molecule has 0 amide bonds. The van der Waals surface area contributed by atoms with Crippen LogP contribution in [-0.2, 0) is 6.54 Å². The van der Waals surface area contributed by atoms with Crippen molar-refractivity contribution >= 4 is 0 Å². The molecule has 0 radical (unpaired) electrons. The highest BCUT2D eigenvalue weighted by Crippen LogP contribution is 2.36. The Kier molecular flexibility index (Phi) is 2.95. The van der Waals surface area contributed by atoms with Crippen LogP contribution in [0.3, 0.4) is 0 Å². The van der Waals surface area contributed by atoms with Crippen molar-refractivity contribution < 1.29 is 0 Å². The highest BCUT2D eigenvalue weighted by atomic mass is 15.1. The molecule has 1 N–H and O–H groups in total. The van der Waals surface area contributed by atoms with E-state index < -0.39 is 0 Å². The van der Waals surface area contributed by atoms with Crippen LogP contribution in [0.5, 0.6) is 0 Å². The molecule has 2 aliphatic rings. The number of nitrogens with one attached hydrogen (secondary N) is 1. The summed E-state index contributed by atoms with van der Waals surface area (Å²) in [6, 6.07) is 0.744. The number of nitrogens with zero attached hydrogens (tertiary/aromatic N) is 2. The third kappa shape index (κ3) is 2.54. The molecule has 2 aliphatic carbocycles. The summed E-state index contributed by atoms with van der Waals surface area (Å²) in [6.07, 6.45) is 13.5. The van der Waals surface area contributed by atoms with Gasteiger partial charge >= 0.3 is 0 Å². The number of imidazole rings is 1. The maximum Gasteiger partial charge on any atom is 0.0951 e. The number of rotatable bonds is 4. The monoisotopic (exact) mass is 233 g/mol. The predicted molar refractivity (Wildman–Crippen MR) is 68.8 cm³/mol. The molecule has 94 valence electrons. The summed E-state index contributed by atoms with van der Waals surface area (Å²) < 4.78 is 2.36. The van der Waals surface area contributed by atoms with E-state index in [2.05, 4.69) is 21.8 Å². The second-order valence-electron chi connectivity index (χ2n) is 6.00. The van der Waals surface area contributed by atoms with Gasteiger partial charge in [-0.25, -0.2) is 4.98 Å². The van der Waals surface area contributed by atoms with Crippen LogP contribution in [0.4, 0.5) is 0 Å². The predicted octanol–water partition coefficient (Wildman–Crippen LogP) is 3.03. The van der Waals surface area contributed by atoms with Gasteiger partial charge in [-0.2, -0.15) is 0 Å². The molecular formula is C14H23N3. The van der Waals surface area contributed by atoms with Gasteiger partial charge in [-0.3, -0.25) is 0 Å². The molecule has 0 aliphatic heterocycles. The Balaban J connectivity index is 1.60. The summed E-state index contributed by atoms with van der Waals surface area (Å²) in [5.41, 5.74) is 1.72. The lowest BCUT2D eigenvalue weighted by atomic mass is 9.83. The van der Waals surface area contributed by atoms with Gasteiger partial charge in [0.05, 0.1) is 12.0 Å².